The Hall–Kier alpha value is -1.98. The monoisotopic (exact) mass is 416 g/mol. The summed E-state index contributed by atoms with van der Waals surface area (Å²) in [6, 6.07) is 9.41. The zero-order chi connectivity index (χ0) is 20.8. The minimum Gasteiger partial charge on any atom is -0.375 e. The molecule has 0 atom stereocenters. The Labute approximate surface area is 174 Å². The van der Waals surface area contributed by atoms with Crippen LogP contribution in [0.25, 0.3) is 21.8 Å². The standard InChI is InChI=1S/C22H25ClN2O2S/c1-22(2,3)13-7-8-14-17(11-13)25(12-18(26)28-6)19-15(21(14)27)9-10-16(23)20(19)24(4)5/h7-11H,12H2,1-6H3. The molecule has 0 aliphatic rings. The molecular weight excluding hydrogens is 392 g/mol. The van der Waals surface area contributed by atoms with Gasteiger partial charge in [-0.3, -0.25) is 9.59 Å². The number of hydrogen-bond acceptors (Lipinski definition) is 4. The molecule has 3 aromatic rings. The van der Waals surface area contributed by atoms with E-state index in [1.165, 1.54) is 11.8 Å². The molecule has 4 nitrogen and oxygen atoms in total. The number of thioether (sulfide) groups is 1. The minimum atomic E-state index is -0.0771. The Balaban J connectivity index is 2.58. The van der Waals surface area contributed by atoms with E-state index in [1.54, 1.807) is 18.4 Å². The van der Waals surface area contributed by atoms with Crippen LogP contribution in [0.5, 0.6) is 0 Å². The van der Waals surface area contributed by atoms with Gasteiger partial charge >= 0.3 is 0 Å². The predicted octanol–water partition coefficient (Wildman–Crippen LogP) is 5.06. The van der Waals surface area contributed by atoms with Gasteiger partial charge in [0.2, 0.25) is 5.12 Å². The van der Waals surface area contributed by atoms with Crippen molar-refractivity contribution in [3.05, 3.63) is 51.1 Å². The topological polar surface area (TPSA) is 42.3 Å². The van der Waals surface area contributed by atoms with Gasteiger partial charge in [-0.05, 0) is 41.5 Å². The van der Waals surface area contributed by atoms with Crippen molar-refractivity contribution >= 4 is 56.0 Å². The molecule has 0 radical (unpaired) electrons. The van der Waals surface area contributed by atoms with E-state index in [9.17, 15) is 9.59 Å². The number of aromatic nitrogens is 1. The summed E-state index contributed by atoms with van der Waals surface area (Å²) in [5, 5.41) is 1.75. The minimum absolute atomic E-state index is 0.0251. The quantitative estimate of drug-likeness (QED) is 0.559. The lowest BCUT2D eigenvalue weighted by Crippen LogP contribution is -2.20. The maximum atomic E-state index is 13.3. The number of pyridine rings is 1. The first-order valence-corrected chi connectivity index (χ1v) is 10.7. The highest BCUT2D eigenvalue weighted by atomic mass is 35.5. The Bertz CT molecular complexity index is 1140. The normalized spacial score (nSPS) is 12.0. The van der Waals surface area contributed by atoms with E-state index in [1.807, 2.05) is 41.8 Å². The zero-order valence-corrected chi connectivity index (χ0v) is 18.7. The SMILES string of the molecule is CSC(=O)Cn1c2cc(C(C)(C)C)ccc2c(=O)c2ccc(Cl)c(N(C)C)c21. The van der Waals surface area contributed by atoms with E-state index in [0.717, 1.165) is 16.8 Å². The number of carbonyl (C=O) groups is 1. The number of anilines is 1. The van der Waals surface area contributed by atoms with Crippen LogP contribution in [0.2, 0.25) is 5.02 Å². The van der Waals surface area contributed by atoms with Crippen molar-refractivity contribution in [1.29, 1.82) is 0 Å². The molecule has 0 amide bonds. The van der Waals surface area contributed by atoms with Crippen LogP contribution in [0.15, 0.2) is 35.1 Å². The van der Waals surface area contributed by atoms with Crippen molar-refractivity contribution < 1.29 is 4.79 Å². The number of benzene rings is 2. The Kier molecular flexibility index (Phi) is 5.52. The van der Waals surface area contributed by atoms with Crippen LogP contribution in [0.4, 0.5) is 5.69 Å². The summed E-state index contributed by atoms with van der Waals surface area (Å²) >= 11 is 7.69. The van der Waals surface area contributed by atoms with Crippen LogP contribution in [0.3, 0.4) is 0 Å². The van der Waals surface area contributed by atoms with Gasteiger partial charge in [0.25, 0.3) is 0 Å². The Morgan fingerprint density at radius 1 is 1.14 bits per heavy atom. The van der Waals surface area contributed by atoms with Crippen LogP contribution in [-0.4, -0.2) is 30.0 Å². The van der Waals surface area contributed by atoms with E-state index in [4.69, 9.17) is 11.6 Å². The molecule has 1 heterocycles. The molecule has 1 aromatic heterocycles. The van der Waals surface area contributed by atoms with Gasteiger partial charge < -0.3 is 9.47 Å². The lowest BCUT2D eigenvalue weighted by atomic mass is 9.86. The fraction of sp³-hybridized carbons (Fsp3) is 0.364. The third-order valence-corrected chi connectivity index (χ3v) is 5.87. The molecule has 0 spiro atoms. The highest BCUT2D eigenvalue weighted by molar-refractivity contribution is 8.13. The largest absolute Gasteiger partial charge is 0.375 e. The van der Waals surface area contributed by atoms with Crippen LogP contribution < -0.4 is 10.3 Å². The van der Waals surface area contributed by atoms with Crippen molar-refractivity contribution in [2.45, 2.75) is 32.7 Å². The van der Waals surface area contributed by atoms with Crippen molar-refractivity contribution in [2.75, 3.05) is 25.3 Å². The number of rotatable bonds is 3. The van der Waals surface area contributed by atoms with Crippen LogP contribution in [0.1, 0.15) is 26.3 Å². The van der Waals surface area contributed by atoms with Gasteiger partial charge in [0.1, 0.15) is 0 Å². The molecule has 28 heavy (non-hydrogen) atoms. The summed E-state index contributed by atoms with van der Waals surface area (Å²) in [5.41, 5.74) is 3.19. The second kappa shape index (κ2) is 7.45. The van der Waals surface area contributed by atoms with Crippen LogP contribution in [-0.2, 0) is 16.8 Å². The maximum Gasteiger partial charge on any atom is 0.208 e. The third kappa shape index (κ3) is 3.53. The summed E-state index contributed by atoms with van der Waals surface area (Å²) in [6.07, 6.45) is 1.77. The summed E-state index contributed by atoms with van der Waals surface area (Å²) in [7, 11) is 3.78. The molecule has 6 heteroatoms. The number of fused-ring (bicyclic) bond motifs is 2. The number of hydrogen-bond donors (Lipinski definition) is 0. The van der Waals surface area contributed by atoms with E-state index < -0.39 is 0 Å². The first kappa shape index (κ1) is 20.7. The van der Waals surface area contributed by atoms with Gasteiger partial charge in [-0.15, -0.1) is 0 Å². The maximum absolute atomic E-state index is 13.3. The smallest absolute Gasteiger partial charge is 0.208 e. The lowest BCUT2D eigenvalue weighted by Gasteiger charge is -2.24. The second-order valence-electron chi connectivity index (χ2n) is 8.16. The van der Waals surface area contributed by atoms with Gasteiger partial charge in [0, 0.05) is 24.9 Å². The van der Waals surface area contributed by atoms with E-state index in [0.29, 0.717) is 21.3 Å². The highest BCUT2D eigenvalue weighted by Crippen LogP contribution is 2.35. The molecule has 0 N–H and O–H groups in total. The molecule has 0 aliphatic carbocycles. The third-order valence-electron chi connectivity index (χ3n) is 4.98. The fourth-order valence-electron chi connectivity index (χ4n) is 3.47. The van der Waals surface area contributed by atoms with Crippen molar-refractivity contribution in [3.8, 4) is 0 Å². The average molecular weight is 417 g/mol. The molecule has 148 valence electrons. The van der Waals surface area contributed by atoms with E-state index in [-0.39, 0.29) is 22.5 Å². The molecule has 0 saturated heterocycles. The molecular formula is C22H25ClN2O2S. The van der Waals surface area contributed by atoms with Crippen LogP contribution >= 0.6 is 23.4 Å². The summed E-state index contributed by atoms with van der Waals surface area (Å²) in [5.74, 6) is 0. The van der Waals surface area contributed by atoms with Gasteiger partial charge in [-0.25, -0.2) is 0 Å². The fourth-order valence-corrected chi connectivity index (χ4v) is 4.05. The highest BCUT2D eigenvalue weighted by Gasteiger charge is 2.21. The molecule has 0 fully saturated rings. The summed E-state index contributed by atoms with van der Waals surface area (Å²) in [6.45, 7) is 6.57. The van der Waals surface area contributed by atoms with E-state index >= 15 is 0 Å². The van der Waals surface area contributed by atoms with Crippen molar-refractivity contribution in [1.82, 2.24) is 4.57 Å². The molecule has 3 rings (SSSR count). The zero-order valence-electron chi connectivity index (χ0n) is 17.1. The van der Waals surface area contributed by atoms with Crippen molar-refractivity contribution in [2.24, 2.45) is 0 Å². The van der Waals surface area contributed by atoms with Crippen LogP contribution in [0, 0.1) is 0 Å². The second-order valence-corrected chi connectivity index (χ2v) is 9.43. The molecule has 0 saturated carbocycles. The van der Waals surface area contributed by atoms with E-state index in [2.05, 4.69) is 20.8 Å². The average Bonchev–Trinajstić information content (AvgIpc) is 2.63. The summed E-state index contributed by atoms with van der Waals surface area (Å²) in [4.78, 5) is 27.6. The van der Waals surface area contributed by atoms with Gasteiger partial charge in [-0.2, -0.15) is 0 Å². The van der Waals surface area contributed by atoms with Gasteiger partial charge in [0.05, 0.1) is 28.3 Å². The molecule has 0 bridgehead atoms. The van der Waals surface area contributed by atoms with Gasteiger partial charge in [-0.1, -0.05) is 50.2 Å². The van der Waals surface area contributed by atoms with Gasteiger partial charge in [0.15, 0.2) is 5.43 Å². The molecule has 0 aliphatic heterocycles. The Morgan fingerprint density at radius 2 is 1.79 bits per heavy atom. The predicted molar refractivity (Wildman–Crippen MR) is 122 cm³/mol. The molecule has 2 aromatic carbocycles. The summed E-state index contributed by atoms with van der Waals surface area (Å²) < 4.78 is 1.95. The first-order chi connectivity index (χ1) is 13.1. The number of carbonyl (C=O) groups excluding carboxylic acids is 1. The lowest BCUT2D eigenvalue weighted by molar-refractivity contribution is -0.111. The Morgan fingerprint density at radius 3 is 2.36 bits per heavy atom. The number of halogens is 1. The molecule has 0 unspecified atom stereocenters. The van der Waals surface area contributed by atoms with Crippen molar-refractivity contribution in [3.63, 3.8) is 0 Å². The first-order valence-electron chi connectivity index (χ1n) is 9.09. The number of nitrogens with zero attached hydrogens (tertiary/aromatic N) is 2.